The number of rotatable bonds is 2. The molecule has 1 fully saturated rings. The number of hydrogen-bond acceptors (Lipinski definition) is 4. The lowest BCUT2D eigenvalue weighted by molar-refractivity contribution is -0.115. The third-order valence-electron chi connectivity index (χ3n) is 3.77. The van der Waals surface area contributed by atoms with Crippen molar-refractivity contribution in [3.05, 3.63) is 35.9 Å². The fraction of sp³-hybridized carbons (Fsp3) is 0.500. The maximum atomic E-state index is 12.0. The zero-order valence-electron chi connectivity index (χ0n) is 10.7. The van der Waals surface area contributed by atoms with Crippen LogP contribution in [0.15, 0.2) is 30.3 Å². The smallest absolute Gasteiger partial charge is 0.251 e. The Balaban J connectivity index is 2.05. The van der Waals surface area contributed by atoms with Gasteiger partial charge in [-0.05, 0) is 18.6 Å². The highest BCUT2D eigenvalue weighted by atomic mass is 16.4. The van der Waals surface area contributed by atoms with E-state index < -0.39 is 18.3 Å². The first-order chi connectivity index (χ1) is 9.00. The Morgan fingerprint density at radius 3 is 2.42 bits per heavy atom. The van der Waals surface area contributed by atoms with Gasteiger partial charge < -0.3 is 20.6 Å². The summed E-state index contributed by atoms with van der Waals surface area (Å²) in [4.78, 5) is 12.0. The van der Waals surface area contributed by atoms with Crippen molar-refractivity contribution in [2.45, 2.75) is 37.7 Å². The predicted octanol–water partition coefficient (Wildman–Crippen LogP) is -0.0925. The highest BCUT2D eigenvalue weighted by molar-refractivity contribution is 5.94. The first-order valence-electron chi connectivity index (χ1n) is 6.41. The molecule has 1 amide bonds. The first kappa shape index (κ1) is 14.0. The Labute approximate surface area is 111 Å². The second-order valence-electron chi connectivity index (χ2n) is 5.09. The summed E-state index contributed by atoms with van der Waals surface area (Å²) in [5, 5.41) is 31.8. The first-order valence-corrected chi connectivity index (χ1v) is 6.41. The molecule has 1 aromatic carbocycles. The number of aliphatic hydroxyl groups excluding tert-OH is 3. The largest absolute Gasteiger partial charge is 0.390 e. The number of carbonyl (C=O) groups excluding carboxylic acids is 1. The molecule has 104 valence electrons. The van der Waals surface area contributed by atoms with Crippen LogP contribution < -0.4 is 5.32 Å². The molecule has 1 aromatic rings. The predicted molar refractivity (Wildman–Crippen MR) is 69.5 cm³/mol. The van der Waals surface area contributed by atoms with Gasteiger partial charge in [-0.1, -0.05) is 25.1 Å². The van der Waals surface area contributed by atoms with Crippen LogP contribution >= 0.6 is 0 Å². The Hall–Kier alpha value is -1.43. The van der Waals surface area contributed by atoms with E-state index in [1.54, 1.807) is 31.2 Å². The van der Waals surface area contributed by atoms with E-state index in [1.807, 2.05) is 6.07 Å². The summed E-state index contributed by atoms with van der Waals surface area (Å²) in [6.07, 6.45) is -2.98. The van der Waals surface area contributed by atoms with Crippen LogP contribution in [0.1, 0.15) is 23.7 Å². The summed E-state index contributed by atoms with van der Waals surface area (Å²) in [6, 6.07) is 8.40. The lowest BCUT2D eigenvalue weighted by atomic mass is 9.80. The van der Waals surface area contributed by atoms with Crippen molar-refractivity contribution >= 4 is 5.91 Å². The summed E-state index contributed by atoms with van der Waals surface area (Å²) in [6.45, 7) is 1.75. The molecule has 5 heteroatoms. The number of hydrogen-bond donors (Lipinski definition) is 4. The summed E-state index contributed by atoms with van der Waals surface area (Å²) >= 11 is 0. The molecule has 5 atom stereocenters. The maximum Gasteiger partial charge on any atom is 0.251 e. The van der Waals surface area contributed by atoms with Crippen molar-refractivity contribution in [1.82, 2.24) is 5.32 Å². The molecule has 0 aliphatic heterocycles. The van der Waals surface area contributed by atoms with Crippen molar-refractivity contribution < 1.29 is 20.1 Å². The number of benzene rings is 1. The SMILES string of the molecule is C[C@H]1[C@@H](O)[C@@H](O)[C@H](O)C[C@@H]1NC(=O)c1ccccc1. The van der Waals surface area contributed by atoms with Crippen molar-refractivity contribution in [2.24, 2.45) is 5.92 Å². The van der Waals surface area contributed by atoms with Gasteiger partial charge in [-0.2, -0.15) is 0 Å². The van der Waals surface area contributed by atoms with Gasteiger partial charge in [0.05, 0.1) is 12.2 Å². The number of nitrogens with one attached hydrogen (secondary N) is 1. The van der Waals surface area contributed by atoms with Gasteiger partial charge >= 0.3 is 0 Å². The molecule has 5 nitrogen and oxygen atoms in total. The van der Waals surface area contributed by atoms with E-state index in [2.05, 4.69) is 5.32 Å². The van der Waals surface area contributed by atoms with Crippen molar-refractivity contribution in [2.75, 3.05) is 0 Å². The number of aliphatic hydroxyl groups is 3. The van der Waals surface area contributed by atoms with Gasteiger partial charge in [-0.3, -0.25) is 4.79 Å². The number of amides is 1. The summed E-state index contributed by atoms with van der Waals surface area (Å²) in [5.41, 5.74) is 0.532. The van der Waals surface area contributed by atoms with Gasteiger partial charge in [-0.25, -0.2) is 0 Å². The maximum absolute atomic E-state index is 12.0. The quantitative estimate of drug-likeness (QED) is 0.601. The normalized spacial score (nSPS) is 34.8. The lowest BCUT2D eigenvalue weighted by Gasteiger charge is -2.39. The zero-order chi connectivity index (χ0) is 14.0. The fourth-order valence-electron chi connectivity index (χ4n) is 2.42. The molecule has 0 bridgehead atoms. The molecule has 1 saturated carbocycles. The van der Waals surface area contributed by atoms with Crippen LogP contribution in [0.5, 0.6) is 0 Å². The Morgan fingerprint density at radius 2 is 1.79 bits per heavy atom. The Bertz CT molecular complexity index is 436. The van der Waals surface area contributed by atoms with Gasteiger partial charge in [0, 0.05) is 17.5 Å². The second kappa shape index (κ2) is 5.69. The van der Waals surface area contributed by atoms with Crippen molar-refractivity contribution in [3.8, 4) is 0 Å². The molecule has 0 heterocycles. The molecule has 0 saturated heterocycles. The topological polar surface area (TPSA) is 89.8 Å². The van der Waals surface area contributed by atoms with E-state index in [4.69, 9.17) is 0 Å². The molecule has 4 N–H and O–H groups in total. The third-order valence-corrected chi connectivity index (χ3v) is 3.77. The molecular weight excluding hydrogens is 246 g/mol. The minimum atomic E-state index is -1.15. The summed E-state index contributed by atoms with van der Waals surface area (Å²) < 4.78 is 0. The average Bonchev–Trinajstić information content (AvgIpc) is 2.43. The molecule has 0 aromatic heterocycles. The monoisotopic (exact) mass is 265 g/mol. The number of carbonyl (C=O) groups is 1. The van der Waals surface area contributed by atoms with Crippen LogP contribution in [0.25, 0.3) is 0 Å². The second-order valence-corrected chi connectivity index (χ2v) is 5.09. The van der Waals surface area contributed by atoms with E-state index >= 15 is 0 Å². The Kier molecular flexibility index (Phi) is 4.19. The van der Waals surface area contributed by atoms with Crippen molar-refractivity contribution in [1.29, 1.82) is 0 Å². The van der Waals surface area contributed by atoms with Gasteiger partial charge in [-0.15, -0.1) is 0 Å². The molecule has 2 rings (SSSR count). The van der Waals surface area contributed by atoms with Gasteiger partial charge in [0.1, 0.15) is 6.10 Å². The van der Waals surface area contributed by atoms with Gasteiger partial charge in [0.15, 0.2) is 0 Å². The Morgan fingerprint density at radius 1 is 1.16 bits per heavy atom. The molecule has 1 aliphatic carbocycles. The van der Waals surface area contributed by atoms with Gasteiger partial charge in [0.2, 0.25) is 0 Å². The highest BCUT2D eigenvalue weighted by Crippen LogP contribution is 2.25. The molecule has 1 aliphatic rings. The van der Waals surface area contributed by atoms with E-state index in [9.17, 15) is 20.1 Å². The average molecular weight is 265 g/mol. The standard InChI is InChI=1S/C14H19NO4/c1-8-10(7-11(16)13(18)12(8)17)15-14(19)9-5-3-2-4-6-9/h2-6,8,10-13,16-18H,7H2,1H3,(H,15,19)/t8-,10+,11-,12-,13+/m1/s1. The minimum absolute atomic E-state index is 0.234. The summed E-state index contributed by atoms with van der Waals surface area (Å²) in [7, 11) is 0. The van der Waals surface area contributed by atoms with Crippen LogP contribution in [0.3, 0.4) is 0 Å². The minimum Gasteiger partial charge on any atom is -0.390 e. The van der Waals surface area contributed by atoms with Crippen molar-refractivity contribution in [3.63, 3.8) is 0 Å². The third kappa shape index (κ3) is 2.94. The van der Waals surface area contributed by atoms with E-state index in [0.717, 1.165) is 0 Å². The highest BCUT2D eigenvalue weighted by Gasteiger charge is 2.40. The molecule has 0 radical (unpaired) electrons. The van der Waals surface area contributed by atoms with E-state index in [-0.39, 0.29) is 24.3 Å². The molecular formula is C14H19NO4. The lowest BCUT2D eigenvalue weighted by Crippen LogP contribution is -2.56. The van der Waals surface area contributed by atoms with Crippen LogP contribution in [-0.2, 0) is 0 Å². The van der Waals surface area contributed by atoms with Crippen LogP contribution in [0.4, 0.5) is 0 Å². The van der Waals surface area contributed by atoms with Gasteiger partial charge in [0.25, 0.3) is 5.91 Å². The fourth-order valence-corrected chi connectivity index (χ4v) is 2.42. The summed E-state index contributed by atoms with van der Waals surface area (Å²) in [5.74, 6) is -0.556. The van der Waals surface area contributed by atoms with E-state index in [0.29, 0.717) is 5.56 Å². The van der Waals surface area contributed by atoms with Crippen LogP contribution in [0.2, 0.25) is 0 Å². The molecule has 0 spiro atoms. The van der Waals surface area contributed by atoms with E-state index in [1.165, 1.54) is 0 Å². The molecule has 0 unspecified atom stereocenters. The zero-order valence-corrected chi connectivity index (χ0v) is 10.7. The van der Waals surface area contributed by atoms with Crippen LogP contribution in [0, 0.1) is 5.92 Å². The molecule has 19 heavy (non-hydrogen) atoms. The van der Waals surface area contributed by atoms with Crippen LogP contribution in [-0.4, -0.2) is 45.6 Å².